The van der Waals surface area contributed by atoms with Crippen LogP contribution in [0.1, 0.15) is 52.3 Å². The number of likely N-dealkylation sites (tertiary alicyclic amines) is 1. The number of ether oxygens (including phenoxy) is 1. The van der Waals surface area contributed by atoms with Gasteiger partial charge in [0.1, 0.15) is 5.60 Å². The molecule has 2 rings (SSSR count). The molecule has 6 nitrogen and oxygen atoms in total. The van der Waals surface area contributed by atoms with Crippen LogP contribution in [0, 0.1) is 5.92 Å². The number of aromatic nitrogens is 2. The molecule has 0 saturated carbocycles. The molecule has 1 saturated heterocycles. The molecule has 1 aliphatic rings. The van der Waals surface area contributed by atoms with E-state index in [0.717, 1.165) is 38.2 Å². The minimum atomic E-state index is -0.428. The molecule has 2 unspecified atom stereocenters. The third-order valence-electron chi connectivity index (χ3n) is 3.97. The van der Waals surface area contributed by atoms with E-state index in [1.165, 1.54) is 0 Å². The Morgan fingerprint density at radius 1 is 1.48 bits per heavy atom. The summed E-state index contributed by atoms with van der Waals surface area (Å²) in [5.41, 5.74) is 0.525. The first-order chi connectivity index (χ1) is 10.8. The Kier molecular flexibility index (Phi) is 5.93. The maximum atomic E-state index is 12.0. The van der Waals surface area contributed by atoms with Crippen molar-refractivity contribution in [1.82, 2.24) is 20.2 Å². The fourth-order valence-corrected chi connectivity index (χ4v) is 2.70. The lowest BCUT2D eigenvalue weighted by molar-refractivity contribution is 0.0287. The second kappa shape index (κ2) is 7.73. The highest BCUT2D eigenvalue weighted by Gasteiger charge is 2.29. The van der Waals surface area contributed by atoms with E-state index in [9.17, 15) is 4.79 Å². The summed E-state index contributed by atoms with van der Waals surface area (Å²) in [6, 6.07) is 0.187. The fourth-order valence-electron chi connectivity index (χ4n) is 2.70. The minimum Gasteiger partial charge on any atom is -0.444 e. The molecule has 0 aliphatic carbocycles. The number of nitrogens with zero attached hydrogens (tertiary/aromatic N) is 3. The van der Waals surface area contributed by atoms with Crippen molar-refractivity contribution in [3.05, 3.63) is 24.3 Å². The summed E-state index contributed by atoms with van der Waals surface area (Å²) >= 11 is 0. The van der Waals surface area contributed by atoms with Gasteiger partial charge in [0.2, 0.25) is 0 Å². The SMILES string of the molecule is CC(NCCC1CCN(C(=O)OC(C)(C)C)C1)c1cnccn1. The summed E-state index contributed by atoms with van der Waals surface area (Å²) in [4.78, 5) is 22.3. The number of rotatable bonds is 5. The Labute approximate surface area is 138 Å². The lowest BCUT2D eigenvalue weighted by Crippen LogP contribution is -2.35. The summed E-state index contributed by atoms with van der Waals surface area (Å²) in [5.74, 6) is 0.532. The van der Waals surface area contributed by atoms with Gasteiger partial charge in [0.15, 0.2) is 0 Å². The van der Waals surface area contributed by atoms with Crippen LogP contribution < -0.4 is 5.32 Å². The molecule has 0 bridgehead atoms. The van der Waals surface area contributed by atoms with Crippen molar-refractivity contribution in [3.8, 4) is 0 Å². The molecule has 128 valence electrons. The van der Waals surface area contributed by atoms with Crippen molar-refractivity contribution >= 4 is 6.09 Å². The van der Waals surface area contributed by atoms with Gasteiger partial charge in [-0.15, -0.1) is 0 Å². The zero-order valence-corrected chi connectivity index (χ0v) is 14.6. The van der Waals surface area contributed by atoms with E-state index in [4.69, 9.17) is 4.74 Å². The highest BCUT2D eigenvalue weighted by atomic mass is 16.6. The molecule has 0 aromatic carbocycles. The van der Waals surface area contributed by atoms with E-state index in [0.29, 0.717) is 5.92 Å². The van der Waals surface area contributed by atoms with Gasteiger partial charge in [-0.25, -0.2) is 4.79 Å². The van der Waals surface area contributed by atoms with Crippen LogP contribution in [0.5, 0.6) is 0 Å². The summed E-state index contributed by atoms with van der Waals surface area (Å²) in [6.45, 7) is 10.3. The number of amides is 1. The van der Waals surface area contributed by atoms with Gasteiger partial charge < -0.3 is 15.0 Å². The molecule has 2 heterocycles. The molecule has 0 radical (unpaired) electrons. The molecule has 23 heavy (non-hydrogen) atoms. The maximum Gasteiger partial charge on any atom is 0.410 e. The van der Waals surface area contributed by atoms with Crippen LogP contribution in [0.25, 0.3) is 0 Å². The van der Waals surface area contributed by atoms with E-state index < -0.39 is 5.60 Å². The zero-order valence-electron chi connectivity index (χ0n) is 14.6. The average molecular weight is 320 g/mol. The number of carbonyl (C=O) groups excluding carboxylic acids is 1. The molecule has 1 aliphatic heterocycles. The fraction of sp³-hybridized carbons (Fsp3) is 0.706. The minimum absolute atomic E-state index is 0.187. The van der Waals surface area contributed by atoms with Gasteiger partial charge in [-0.3, -0.25) is 9.97 Å². The van der Waals surface area contributed by atoms with E-state index in [1.54, 1.807) is 18.6 Å². The highest BCUT2D eigenvalue weighted by molar-refractivity contribution is 5.68. The molecular formula is C17H28N4O2. The summed E-state index contributed by atoms with van der Waals surface area (Å²) in [6.07, 6.45) is 7.08. The Morgan fingerprint density at radius 2 is 2.26 bits per heavy atom. The van der Waals surface area contributed by atoms with Gasteiger partial charge >= 0.3 is 6.09 Å². The Balaban J connectivity index is 1.69. The van der Waals surface area contributed by atoms with Crippen molar-refractivity contribution in [3.63, 3.8) is 0 Å². The van der Waals surface area contributed by atoms with E-state index >= 15 is 0 Å². The van der Waals surface area contributed by atoms with E-state index in [-0.39, 0.29) is 12.1 Å². The normalized spacial score (nSPS) is 19.7. The standard InChI is InChI=1S/C17H28N4O2/c1-13(15-11-18-8-9-20-15)19-7-5-14-6-10-21(12-14)16(22)23-17(2,3)4/h8-9,11,13-14,19H,5-7,10,12H2,1-4H3. The number of hydrogen-bond acceptors (Lipinski definition) is 5. The van der Waals surface area contributed by atoms with Crippen molar-refractivity contribution in [2.24, 2.45) is 5.92 Å². The maximum absolute atomic E-state index is 12.0. The van der Waals surface area contributed by atoms with Gasteiger partial charge in [-0.2, -0.15) is 0 Å². The summed E-state index contributed by atoms with van der Waals surface area (Å²) in [5, 5.41) is 3.47. The van der Waals surface area contributed by atoms with Crippen LogP contribution in [-0.2, 0) is 4.74 Å². The largest absolute Gasteiger partial charge is 0.444 e. The molecular weight excluding hydrogens is 292 g/mol. The smallest absolute Gasteiger partial charge is 0.410 e. The summed E-state index contributed by atoms with van der Waals surface area (Å²) < 4.78 is 5.43. The lowest BCUT2D eigenvalue weighted by Gasteiger charge is -2.24. The molecule has 1 aromatic heterocycles. The van der Waals surface area contributed by atoms with Gasteiger partial charge in [0, 0.05) is 37.7 Å². The number of hydrogen-bond donors (Lipinski definition) is 1. The van der Waals surface area contributed by atoms with Crippen molar-refractivity contribution in [2.45, 2.75) is 52.2 Å². The van der Waals surface area contributed by atoms with Crippen LogP contribution in [0.3, 0.4) is 0 Å². The van der Waals surface area contributed by atoms with Crippen molar-refractivity contribution < 1.29 is 9.53 Å². The van der Waals surface area contributed by atoms with Gasteiger partial charge in [-0.1, -0.05) is 0 Å². The van der Waals surface area contributed by atoms with E-state index in [1.807, 2.05) is 25.7 Å². The topological polar surface area (TPSA) is 67.4 Å². The first kappa shape index (κ1) is 17.7. The first-order valence-corrected chi connectivity index (χ1v) is 8.32. The molecule has 1 fully saturated rings. The molecule has 6 heteroatoms. The molecule has 1 aromatic rings. The van der Waals surface area contributed by atoms with E-state index in [2.05, 4.69) is 22.2 Å². The molecule has 1 amide bonds. The van der Waals surface area contributed by atoms with Gasteiger partial charge in [0.25, 0.3) is 0 Å². The van der Waals surface area contributed by atoms with Gasteiger partial charge in [0.05, 0.1) is 5.69 Å². The predicted molar refractivity (Wildman–Crippen MR) is 89.0 cm³/mol. The molecule has 1 N–H and O–H groups in total. The van der Waals surface area contributed by atoms with Crippen LogP contribution in [0.4, 0.5) is 4.79 Å². The quantitative estimate of drug-likeness (QED) is 0.903. The van der Waals surface area contributed by atoms with Crippen LogP contribution >= 0.6 is 0 Å². The third-order valence-corrected chi connectivity index (χ3v) is 3.97. The molecule has 2 atom stereocenters. The second-order valence-electron chi connectivity index (χ2n) is 7.18. The van der Waals surface area contributed by atoms with Crippen molar-refractivity contribution in [1.29, 1.82) is 0 Å². The Hall–Kier alpha value is -1.69. The van der Waals surface area contributed by atoms with Gasteiger partial charge in [-0.05, 0) is 53.0 Å². The number of nitrogens with one attached hydrogen (secondary N) is 1. The summed E-state index contributed by atoms with van der Waals surface area (Å²) in [7, 11) is 0. The zero-order chi connectivity index (χ0) is 16.9. The highest BCUT2D eigenvalue weighted by Crippen LogP contribution is 2.22. The third kappa shape index (κ3) is 5.78. The van der Waals surface area contributed by atoms with Crippen LogP contribution in [-0.4, -0.2) is 46.2 Å². The van der Waals surface area contributed by atoms with Crippen LogP contribution in [0.15, 0.2) is 18.6 Å². The first-order valence-electron chi connectivity index (χ1n) is 8.32. The molecule has 0 spiro atoms. The Morgan fingerprint density at radius 3 is 2.91 bits per heavy atom. The monoisotopic (exact) mass is 320 g/mol. The lowest BCUT2D eigenvalue weighted by atomic mass is 10.0. The average Bonchev–Trinajstić information content (AvgIpc) is 2.95. The Bertz CT molecular complexity index is 501. The second-order valence-corrected chi connectivity index (χ2v) is 7.18. The van der Waals surface area contributed by atoms with Crippen molar-refractivity contribution in [2.75, 3.05) is 19.6 Å². The number of carbonyl (C=O) groups is 1. The van der Waals surface area contributed by atoms with Crippen LogP contribution in [0.2, 0.25) is 0 Å². The predicted octanol–water partition coefficient (Wildman–Crippen LogP) is 2.77.